The minimum Gasteiger partial charge on any atom is -0.469 e. The van der Waals surface area contributed by atoms with Gasteiger partial charge in [-0.05, 0) is 36.6 Å². The van der Waals surface area contributed by atoms with E-state index in [4.69, 9.17) is 0 Å². The number of nitrogens with zero attached hydrogens (tertiary/aromatic N) is 1. The van der Waals surface area contributed by atoms with E-state index in [1.165, 1.54) is 23.5 Å². The first kappa shape index (κ1) is 13.5. The lowest BCUT2D eigenvalue weighted by atomic mass is 10.0. The van der Waals surface area contributed by atoms with Crippen molar-refractivity contribution in [2.24, 2.45) is 0 Å². The van der Waals surface area contributed by atoms with E-state index in [2.05, 4.69) is 4.74 Å². The van der Waals surface area contributed by atoms with Gasteiger partial charge in [0.15, 0.2) is 0 Å². The third kappa shape index (κ3) is 2.01. The topological polar surface area (TPSA) is 63.7 Å². The number of methoxy groups -OCH3 is 1. The van der Waals surface area contributed by atoms with Crippen LogP contribution in [0.1, 0.15) is 30.9 Å². The molecule has 7 heteroatoms. The second-order valence-corrected chi connectivity index (χ2v) is 6.86. The fourth-order valence-electron chi connectivity index (χ4n) is 2.65. The van der Waals surface area contributed by atoms with Gasteiger partial charge in [0.25, 0.3) is 0 Å². The van der Waals surface area contributed by atoms with Gasteiger partial charge in [-0.25, -0.2) is 12.8 Å². The number of halogens is 1. The van der Waals surface area contributed by atoms with Crippen molar-refractivity contribution >= 4 is 16.0 Å². The minimum absolute atomic E-state index is 0.0925. The molecule has 1 heterocycles. The number of carbonyl (C=O) groups excluding carboxylic acids is 1. The van der Waals surface area contributed by atoms with Gasteiger partial charge in [0.1, 0.15) is 5.82 Å². The SMILES string of the molecule is COC(=O)C[C@H]1c2cc(F)ccc2S(=O)(=O)N1C1CC1. The number of carbonyl (C=O) groups is 1. The van der Waals surface area contributed by atoms with Crippen LogP contribution in [0.15, 0.2) is 23.1 Å². The van der Waals surface area contributed by atoms with E-state index in [1.807, 2.05) is 0 Å². The van der Waals surface area contributed by atoms with Crippen molar-refractivity contribution in [3.63, 3.8) is 0 Å². The molecule has 20 heavy (non-hydrogen) atoms. The molecule has 1 aromatic carbocycles. The Kier molecular flexibility index (Phi) is 3.06. The summed E-state index contributed by atoms with van der Waals surface area (Å²) in [5, 5.41) is 0. The monoisotopic (exact) mass is 299 g/mol. The van der Waals surface area contributed by atoms with Crippen LogP contribution in [0, 0.1) is 5.82 Å². The minimum atomic E-state index is -3.64. The van der Waals surface area contributed by atoms with Crippen LogP contribution >= 0.6 is 0 Å². The second kappa shape index (κ2) is 4.53. The zero-order chi connectivity index (χ0) is 14.5. The van der Waals surface area contributed by atoms with Crippen molar-refractivity contribution in [1.82, 2.24) is 4.31 Å². The number of hydrogen-bond acceptors (Lipinski definition) is 4. The first-order valence-electron chi connectivity index (χ1n) is 6.35. The van der Waals surface area contributed by atoms with Crippen LogP contribution in [0.25, 0.3) is 0 Å². The molecule has 1 aliphatic heterocycles. The Hall–Kier alpha value is -1.47. The standard InChI is InChI=1S/C13H14FNO4S/c1-19-13(16)7-11-10-6-8(14)2-5-12(10)20(17,18)15(11)9-3-4-9/h2,5-6,9,11H,3-4,7H2,1H3/t11-/m0/s1. The van der Waals surface area contributed by atoms with Crippen molar-refractivity contribution in [2.45, 2.75) is 36.2 Å². The van der Waals surface area contributed by atoms with Crippen LogP contribution in [-0.2, 0) is 19.6 Å². The molecule has 0 bridgehead atoms. The molecule has 0 aromatic heterocycles. The summed E-state index contributed by atoms with van der Waals surface area (Å²) in [5.41, 5.74) is 0.349. The summed E-state index contributed by atoms with van der Waals surface area (Å²) in [5.74, 6) is -1.01. The summed E-state index contributed by atoms with van der Waals surface area (Å²) >= 11 is 0. The molecule has 1 fully saturated rings. The molecule has 0 spiro atoms. The molecule has 2 aliphatic rings. The van der Waals surface area contributed by atoms with Gasteiger partial charge in [-0.1, -0.05) is 0 Å². The van der Waals surface area contributed by atoms with Gasteiger partial charge in [-0.3, -0.25) is 4.79 Å². The van der Waals surface area contributed by atoms with E-state index in [9.17, 15) is 17.6 Å². The van der Waals surface area contributed by atoms with Gasteiger partial charge in [0, 0.05) is 6.04 Å². The lowest BCUT2D eigenvalue weighted by Crippen LogP contribution is -2.31. The number of ether oxygens (including phenoxy) is 1. The summed E-state index contributed by atoms with van der Waals surface area (Å²) < 4.78 is 44.4. The van der Waals surface area contributed by atoms with Gasteiger partial charge in [0.05, 0.1) is 24.5 Å². The van der Waals surface area contributed by atoms with E-state index >= 15 is 0 Å². The number of benzene rings is 1. The quantitative estimate of drug-likeness (QED) is 0.795. The molecule has 0 amide bonds. The van der Waals surface area contributed by atoms with Crippen LogP contribution in [-0.4, -0.2) is 31.8 Å². The normalized spacial score (nSPS) is 24.4. The summed E-state index contributed by atoms with van der Waals surface area (Å²) in [7, 11) is -2.39. The van der Waals surface area contributed by atoms with E-state index < -0.39 is 27.9 Å². The maximum atomic E-state index is 13.4. The maximum absolute atomic E-state index is 13.4. The van der Waals surface area contributed by atoms with Crippen LogP contribution in [0.5, 0.6) is 0 Å². The van der Waals surface area contributed by atoms with Gasteiger partial charge in [-0.15, -0.1) is 0 Å². The van der Waals surface area contributed by atoms with Crippen LogP contribution < -0.4 is 0 Å². The molecule has 108 valence electrons. The Morgan fingerprint density at radius 2 is 2.15 bits per heavy atom. The zero-order valence-corrected chi connectivity index (χ0v) is 11.7. The highest BCUT2D eigenvalue weighted by atomic mass is 32.2. The van der Waals surface area contributed by atoms with Crippen LogP contribution in [0.2, 0.25) is 0 Å². The highest BCUT2D eigenvalue weighted by molar-refractivity contribution is 7.89. The Labute approximate surface area is 116 Å². The van der Waals surface area contributed by atoms with Crippen molar-refractivity contribution < 1.29 is 22.3 Å². The largest absolute Gasteiger partial charge is 0.469 e. The molecule has 5 nitrogen and oxygen atoms in total. The van der Waals surface area contributed by atoms with Crippen LogP contribution in [0.3, 0.4) is 0 Å². The van der Waals surface area contributed by atoms with Gasteiger partial charge in [-0.2, -0.15) is 4.31 Å². The molecule has 1 aliphatic carbocycles. The van der Waals surface area contributed by atoms with Gasteiger partial charge >= 0.3 is 5.97 Å². The fraction of sp³-hybridized carbons (Fsp3) is 0.462. The smallest absolute Gasteiger partial charge is 0.307 e. The number of rotatable bonds is 3. The van der Waals surface area contributed by atoms with Crippen molar-refractivity contribution in [3.05, 3.63) is 29.6 Å². The number of esters is 1. The highest BCUT2D eigenvalue weighted by Gasteiger charge is 2.50. The number of fused-ring (bicyclic) bond motifs is 1. The number of hydrogen-bond donors (Lipinski definition) is 0. The molecular formula is C13H14FNO4S. The second-order valence-electron chi connectivity index (χ2n) is 5.04. The maximum Gasteiger partial charge on any atom is 0.307 e. The molecular weight excluding hydrogens is 285 g/mol. The predicted octanol–water partition coefficient (Wildman–Crippen LogP) is 1.60. The van der Waals surface area contributed by atoms with Crippen molar-refractivity contribution in [1.29, 1.82) is 0 Å². The molecule has 1 aromatic rings. The molecule has 3 rings (SSSR count). The average Bonchev–Trinajstić information content (AvgIpc) is 3.18. The first-order chi connectivity index (χ1) is 9.45. The summed E-state index contributed by atoms with van der Waals surface area (Å²) in [6.45, 7) is 0. The molecule has 0 N–H and O–H groups in total. The summed E-state index contributed by atoms with van der Waals surface area (Å²) in [6.07, 6.45) is 1.45. The lowest BCUT2D eigenvalue weighted by molar-refractivity contribution is -0.141. The molecule has 1 saturated carbocycles. The average molecular weight is 299 g/mol. The first-order valence-corrected chi connectivity index (χ1v) is 7.79. The van der Waals surface area contributed by atoms with Crippen molar-refractivity contribution in [3.8, 4) is 0 Å². The van der Waals surface area contributed by atoms with E-state index in [1.54, 1.807) is 0 Å². The third-order valence-corrected chi connectivity index (χ3v) is 5.72. The zero-order valence-electron chi connectivity index (χ0n) is 10.9. The molecule has 1 atom stereocenters. The van der Waals surface area contributed by atoms with Gasteiger partial charge in [0.2, 0.25) is 10.0 Å². The highest BCUT2D eigenvalue weighted by Crippen LogP contribution is 2.47. The fourth-order valence-corrected chi connectivity index (χ4v) is 4.74. The third-order valence-electron chi connectivity index (χ3n) is 3.69. The number of sulfonamides is 1. The van der Waals surface area contributed by atoms with Gasteiger partial charge < -0.3 is 4.74 Å². The molecule has 0 saturated heterocycles. The van der Waals surface area contributed by atoms with E-state index in [-0.39, 0.29) is 17.4 Å². The Balaban J connectivity index is 2.10. The van der Waals surface area contributed by atoms with Crippen molar-refractivity contribution in [2.75, 3.05) is 7.11 Å². The predicted molar refractivity (Wildman–Crippen MR) is 67.8 cm³/mol. The Morgan fingerprint density at radius 3 is 2.75 bits per heavy atom. The van der Waals surface area contributed by atoms with Crippen LogP contribution in [0.4, 0.5) is 4.39 Å². The molecule has 0 unspecified atom stereocenters. The summed E-state index contributed by atoms with van der Waals surface area (Å²) in [6, 6.07) is 2.84. The Morgan fingerprint density at radius 1 is 1.45 bits per heavy atom. The van der Waals surface area contributed by atoms with E-state index in [0.29, 0.717) is 5.56 Å². The molecule has 0 radical (unpaired) electrons. The lowest BCUT2D eigenvalue weighted by Gasteiger charge is -2.22. The summed E-state index contributed by atoms with van der Waals surface area (Å²) in [4.78, 5) is 11.6. The Bertz CT molecular complexity index is 669. The van der Waals surface area contributed by atoms with E-state index in [0.717, 1.165) is 18.9 Å².